The molecular formula is C20H35NO3S. The van der Waals surface area contributed by atoms with E-state index in [2.05, 4.69) is 29.6 Å². The highest BCUT2D eigenvalue weighted by atomic mass is 32.1. The van der Waals surface area contributed by atoms with Crippen LogP contribution in [0.2, 0.25) is 0 Å². The van der Waals surface area contributed by atoms with Gasteiger partial charge in [0.05, 0.1) is 5.60 Å². The molecule has 0 saturated heterocycles. The zero-order valence-electron chi connectivity index (χ0n) is 17.5. The standard InChI is InChI=1S/C12H13NOS.C4H10O.C2H6O.C2H6/c1-7-6-11-8(2)10(4-5-14)9(3)13-12(11)15-7;1-4(2,3)5;1-3-2;1-2/h5-6H,4H2,1-3H3;5H,1-3H3;1-2H3;1-2H3. The van der Waals surface area contributed by atoms with Crippen LogP contribution >= 0.6 is 11.3 Å². The summed E-state index contributed by atoms with van der Waals surface area (Å²) in [5.74, 6) is 0. The number of methoxy groups -OCH3 is 1. The van der Waals surface area contributed by atoms with Gasteiger partial charge in [-0.1, -0.05) is 13.8 Å². The topological polar surface area (TPSA) is 59.4 Å². The van der Waals surface area contributed by atoms with Gasteiger partial charge in [0.25, 0.3) is 0 Å². The van der Waals surface area contributed by atoms with E-state index < -0.39 is 5.60 Å². The average molecular weight is 370 g/mol. The number of thiophene rings is 1. The minimum atomic E-state index is -0.500. The average Bonchev–Trinajstić information content (AvgIpc) is 2.85. The van der Waals surface area contributed by atoms with E-state index in [-0.39, 0.29) is 0 Å². The van der Waals surface area contributed by atoms with Crippen LogP contribution in [0.4, 0.5) is 0 Å². The van der Waals surface area contributed by atoms with Crippen LogP contribution in [-0.2, 0) is 16.0 Å². The first-order valence-electron chi connectivity index (χ1n) is 8.47. The van der Waals surface area contributed by atoms with E-state index in [0.29, 0.717) is 6.42 Å². The molecule has 0 amide bonds. The summed E-state index contributed by atoms with van der Waals surface area (Å²) in [7, 11) is 3.25. The Morgan fingerprint density at radius 1 is 1.20 bits per heavy atom. The van der Waals surface area contributed by atoms with Gasteiger partial charge in [0.15, 0.2) is 0 Å². The Kier molecular flexibility index (Phi) is 13.5. The SMILES string of the molecule is CC.CC(C)(C)O.COC.Cc1cc2c(C)c(CC=O)c(C)nc2s1. The number of hydrogen-bond acceptors (Lipinski definition) is 5. The van der Waals surface area contributed by atoms with E-state index >= 15 is 0 Å². The number of carbonyl (C=O) groups is 1. The molecule has 144 valence electrons. The Hall–Kier alpha value is -1.30. The molecule has 0 bridgehead atoms. The number of rotatable bonds is 2. The van der Waals surface area contributed by atoms with Crippen molar-refractivity contribution in [2.75, 3.05) is 14.2 Å². The van der Waals surface area contributed by atoms with Gasteiger partial charge in [0.2, 0.25) is 0 Å². The summed E-state index contributed by atoms with van der Waals surface area (Å²) in [5.41, 5.74) is 2.76. The Morgan fingerprint density at radius 2 is 1.64 bits per heavy atom. The molecule has 0 unspecified atom stereocenters. The summed E-state index contributed by atoms with van der Waals surface area (Å²) in [6.45, 7) is 15.4. The van der Waals surface area contributed by atoms with E-state index in [0.717, 1.165) is 22.4 Å². The Morgan fingerprint density at radius 3 is 2.04 bits per heavy atom. The highest BCUT2D eigenvalue weighted by Gasteiger charge is 2.10. The molecule has 5 heteroatoms. The van der Waals surface area contributed by atoms with E-state index in [1.165, 1.54) is 15.8 Å². The van der Waals surface area contributed by atoms with Crippen LogP contribution in [0, 0.1) is 20.8 Å². The van der Waals surface area contributed by atoms with Crippen LogP contribution in [0.1, 0.15) is 56.3 Å². The van der Waals surface area contributed by atoms with E-state index in [4.69, 9.17) is 5.11 Å². The lowest BCUT2D eigenvalue weighted by molar-refractivity contribution is -0.107. The number of aryl methyl sites for hydroxylation is 3. The molecule has 0 atom stereocenters. The largest absolute Gasteiger partial charge is 0.391 e. The molecule has 1 N–H and O–H groups in total. The number of aldehydes is 1. The molecule has 0 aliphatic carbocycles. The maximum absolute atomic E-state index is 10.6. The molecule has 2 heterocycles. The number of hydrogen-bond donors (Lipinski definition) is 1. The highest BCUT2D eigenvalue weighted by molar-refractivity contribution is 7.18. The summed E-state index contributed by atoms with van der Waals surface area (Å²) in [6.07, 6.45) is 1.41. The number of aliphatic hydroxyl groups is 1. The highest BCUT2D eigenvalue weighted by Crippen LogP contribution is 2.29. The second-order valence-corrected chi connectivity index (χ2v) is 7.56. The van der Waals surface area contributed by atoms with Gasteiger partial charge in [-0.3, -0.25) is 0 Å². The van der Waals surface area contributed by atoms with Gasteiger partial charge < -0.3 is 14.6 Å². The predicted molar refractivity (Wildman–Crippen MR) is 110 cm³/mol. The first-order chi connectivity index (χ1) is 11.5. The van der Waals surface area contributed by atoms with Crippen molar-refractivity contribution < 1.29 is 14.6 Å². The molecule has 4 nitrogen and oxygen atoms in total. The molecule has 0 fully saturated rings. The summed E-state index contributed by atoms with van der Waals surface area (Å²) < 4.78 is 4.25. The van der Waals surface area contributed by atoms with Gasteiger partial charge in [-0.15, -0.1) is 11.3 Å². The third kappa shape index (κ3) is 11.0. The van der Waals surface area contributed by atoms with Gasteiger partial charge in [0.1, 0.15) is 11.1 Å². The lowest BCUT2D eigenvalue weighted by Crippen LogP contribution is -2.10. The van der Waals surface area contributed by atoms with Crippen molar-refractivity contribution >= 4 is 27.8 Å². The predicted octanol–water partition coefficient (Wildman–Crippen LogP) is 5.03. The maximum Gasteiger partial charge on any atom is 0.124 e. The number of ether oxygens (including phenoxy) is 1. The molecule has 0 spiro atoms. The van der Waals surface area contributed by atoms with Crippen molar-refractivity contribution in [2.24, 2.45) is 0 Å². The number of pyridine rings is 1. The van der Waals surface area contributed by atoms with Crippen molar-refractivity contribution in [1.29, 1.82) is 0 Å². The molecule has 0 aromatic carbocycles. The minimum absolute atomic E-state index is 0.468. The van der Waals surface area contributed by atoms with Gasteiger partial charge in [-0.2, -0.15) is 0 Å². The fourth-order valence-corrected chi connectivity index (χ4v) is 2.88. The molecular weight excluding hydrogens is 334 g/mol. The smallest absolute Gasteiger partial charge is 0.124 e. The summed E-state index contributed by atoms with van der Waals surface area (Å²) in [5, 5.41) is 9.72. The molecule has 25 heavy (non-hydrogen) atoms. The lowest BCUT2D eigenvalue weighted by atomic mass is 10.0. The summed E-state index contributed by atoms with van der Waals surface area (Å²) in [6, 6.07) is 2.15. The van der Waals surface area contributed by atoms with Crippen molar-refractivity contribution in [3.8, 4) is 0 Å². The van der Waals surface area contributed by atoms with Crippen LogP contribution in [0.15, 0.2) is 6.07 Å². The molecule has 2 aromatic heterocycles. The molecule has 0 aliphatic heterocycles. The third-order valence-corrected chi connectivity index (χ3v) is 3.63. The van der Waals surface area contributed by atoms with E-state index in [9.17, 15) is 4.79 Å². The quantitative estimate of drug-likeness (QED) is 0.754. The van der Waals surface area contributed by atoms with Crippen LogP contribution in [0.25, 0.3) is 10.2 Å². The second-order valence-electron chi connectivity index (χ2n) is 6.33. The van der Waals surface area contributed by atoms with E-state index in [1.807, 2.05) is 20.8 Å². The molecule has 0 saturated carbocycles. The summed E-state index contributed by atoms with van der Waals surface area (Å²) >= 11 is 1.71. The van der Waals surface area contributed by atoms with E-state index in [1.54, 1.807) is 46.3 Å². The Balaban J connectivity index is 0. The van der Waals surface area contributed by atoms with Crippen LogP contribution in [0.5, 0.6) is 0 Å². The lowest BCUT2D eigenvalue weighted by Gasteiger charge is -2.06. The molecule has 2 aromatic rings. The van der Waals surface area contributed by atoms with Crippen molar-refractivity contribution in [3.63, 3.8) is 0 Å². The molecule has 0 radical (unpaired) electrons. The number of aromatic nitrogens is 1. The van der Waals surface area contributed by atoms with Crippen molar-refractivity contribution in [2.45, 2.75) is 67.4 Å². The molecule has 2 rings (SSSR count). The number of fused-ring (bicyclic) bond motifs is 1. The third-order valence-electron chi connectivity index (χ3n) is 2.69. The van der Waals surface area contributed by atoms with Crippen molar-refractivity contribution in [3.05, 3.63) is 27.8 Å². The van der Waals surface area contributed by atoms with Crippen LogP contribution in [-0.4, -0.2) is 36.2 Å². The fraction of sp³-hybridized carbons (Fsp3) is 0.600. The minimum Gasteiger partial charge on any atom is -0.391 e. The summed E-state index contributed by atoms with van der Waals surface area (Å²) in [4.78, 5) is 17.5. The van der Waals surface area contributed by atoms with Gasteiger partial charge in [-0.25, -0.2) is 4.98 Å². The zero-order valence-corrected chi connectivity index (χ0v) is 18.3. The maximum atomic E-state index is 10.6. The molecule has 0 aliphatic rings. The number of carbonyl (C=O) groups excluding carboxylic acids is 1. The van der Waals surface area contributed by atoms with Crippen molar-refractivity contribution in [1.82, 2.24) is 4.98 Å². The fourth-order valence-electron chi connectivity index (χ4n) is 1.89. The second kappa shape index (κ2) is 13.0. The first-order valence-corrected chi connectivity index (χ1v) is 9.29. The Labute approximate surface area is 157 Å². The van der Waals surface area contributed by atoms with Crippen LogP contribution < -0.4 is 0 Å². The van der Waals surface area contributed by atoms with Gasteiger partial charge in [0, 0.05) is 36.6 Å². The van der Waals surface area contributed by atoms with Gasteiger partial charge >= 0.3 is 0 Å². The van der Waals surface area contributed by atoms with Gasteiger partial charge in [-0.05, 0) is 58.7 Å². The zero-order chi connectivity index (χ0) is 20.2. The van der Waals surface area contributed by atoms with Crippen LogP contribution in [0.3, 0.4) is 0 Å². The number of nitrogens with zero attached hydrogens (tertiary/aromatic N) is 1. The normalized spacial score (nSPS) is 9.88. The monoisotopic (exact) mass is 369 g/mol. The first kappa shape index (κ1) is 25.9. The Bertz CT molecular complexity index is 622.